The molecule has 2 nitrogen and oxygen atoms in total. The summed E-state index contributed by atoms with van der Waals surface area (Å²) >= 11 is 0. The van der Waals surface area contributed by atoms with Crippen LogP contribution < -0.4 is 4.90 Å². The molecule has 0 fully saturated rings. The molecule has 1 aromatic rings. The van der Waals surface area contributed by atoms with Crippen LogP contribution in [0.15, 0.2) is 24.3 Å². The second-order valence-electron chi connectivity index (χ2n) is 3.77. The summed E-state index contributed by atoms with van der Waals surface area (Å²) < 4.78 is 0. The van der Waals surface area contributed by atoms with Crippen molar-refractivity contribution in [2.45, 2.75) is 26.7 Å². The minimum Gasteiger partial charge on any atom is -0.358 e. The zero-order chi connectivity index (χ0) is 11.1. The summed E-state index contributed by atoms with van der Waals surface area (Å²) in [6.07, 6.45) is 2.30. The molecule has 0 bridgehead atoms. The lowest BCUT2D eigenvalue weighted by molar-refractivity contribution is 0.748. The molecule has 0 amide bonds. The number of unbranched alkanes of at least 4 members (excludes halogenated alkanes) is 1. The van der Waals surface area contributed by atoms with Crippen molar-refractivity contribution in [2.75, 3.05) is 18.0 Å². The first-order valence-electron chi connectivity index (χ1n) is 5.46. The molecule has 0 aliphatic carbocycles. The SMILES string of the molecule is CCCCN(CC#N)c1cccc(C)c1. The minimum absolute atomic E-state index is 0.476. The lowest BCUT2D eigenvalue weighted by Crippen LogP contribution is -2.24. The number of anilines is 1. The van der Waals surface area contributed by atoms with Crippen molar-refractivity contribution < 1.29 is 0 Å². The topological polar surface area (TPSA) is 27.0 Å². The van der Waals surface area contributed by atoms with Gasteiger partial charge in [0, 0.05) is 12.2 Å². The van der Waals surface area contributed by atoms with E-state index < -0.39 is 0 Å². The van der Waals surface area contributed by atoms with Gasteiger partial charge < -0.3 is 4.90 Å². The van der Waals surface area contributed by atoms with Crippen LogP contribution in [0.1, 0.15) is 25.3 Å². The Bertz CT molecular complexity index is 339. The maximum atomic E-state index is 8.77. The Kier molecular flexibility index (Phi) is 4.70. The highest BCUT2D eigenvalue weighted by molar-refractivity contribution is 5.49. The number of hydrogen-bond donors (Lipinski definition) is 0. The summed E-state index contributed by atoms with van der Waals surface area (Å²) in [5.41, 5.74) is 2.40. The summed E-state index contributed by atoms with van der Waals surface area (Å²) in [5, 5.41) is 8.77. The van der Waals surface area contributed by atoms with Crippen molar-refractivity contribution in [1.29, 1.82) is 5.26 Å². The highest BCUT2D eigenvalue weighted by atomic mass is 15.1. The lowest BCUT2D eigenvalue weighted by Gasteiger charge is -2.21. The van der Waals surface area contributed by atoms with E-state index in [0.717, 1.165) is 25.1 Å². The molecule has 0 aliphatic heterocycles. The summed E-state index contributed by atoms with van der Waals surface area (Å²) in [7, 11) is 0. The van der Waals surface area contributed by atoms with Gasteiger partial charge in [0.05, 0.1) is 6.07 Å². The molecule has 0 spiro atoms. The number of hydrogen-bond acceptors (Lipinski definition) is 2. The first-order chi connectivity index (χ1) is 7.27. The Hall–Kier alpha value is -1.49. The molecule has 0 aliphatic rings. The molecule has 0 saturated carbocycles. The van der Waals surface area contributed by atoms with E-state index in [4.69, 9.17) is 5.26 Å². The fourth-order valence-corrected chi connectivity index (χ4v) is 1.56. The molecular weight excluding hydrogens is 184 g/mol. The van der Waals surface area contributed by atoms with Crippen LogP contribution in [-0.2, 0) is 0 Å². The van der Waals surface area contributed by atoms with Crippen LogP contribution in [0.5, 0.6) is 0 Å². The fraction of sp³-hybridized carbons (Fsp3) is 0.462. The van der Waals surface area contributed by atoms with Gasteiger partial charge >= 0.3 is 0 Å². The van der Waals surface area contributed by atoms with Crippen LogP contribution in [0.3, 0.4) is 0 Å². The molecule has 15 heavy (non-hydrogen) atoms. The van der Waals surface area contributed by atoms with Crippen LogP contribution in [0.4, 0.5) is 5.69 Å². The summed E-state index contributed by atoms with van der Waals surface area (Å²) in [6, 6.07) is 10.5. The average molecular weight is 202 g/mol. The molecule has 2 heteroatoms. The van der Waals surface area contributed by atoms with Gasteiger partial charge in [0.25, 0.3) is 0 Å². The van der Waals surface area contributed by atoms with Crippen molar-refractivity contribution in [3.63, 3.8) is 0 Å². The highest BCUT2D eigenvalue weighted by Gasteiger charge is 2.04. The second kappa shape index (κ2) is 6.08. The minimum atomic E-state index is 0.476. The van der Waals surface area contributed by atoms with E-state index in [2.05, 4.69) is 43.0 Å². The molecule has 0 unspecified atom stereocenters. The zero-order valence-electron chi connectivity index (χ0n) is 9.53. The standard InChI is InChI=1S/C13H18N2/c1-3-4-9-15(10-8-14)13-7-5-6-12(2)11-13/h5-7,11H,3-4,9-10H2,1-2H3. The Morgan fingerprint density at radius 2 is 2.20 bits per heavy atom. The van der Waals surface area contributed by atoms with Gasteiger partial charge in [-0.2, -0.15) is 5.26 Å². The van der Waals surface area contributed by atoms with Gasteiger partial charge in [0.2, 0.25) is 0 Å². The monoisotopic (exact) mass is 202 g/mol. The van der Waals surface area contributed by atoms with Crippen molar-refractivity contribution in [3.05, 3.63) is 29.8 Å². The summed E-state index contributed by atoms with van der Waals surface area (Å²) in [5.74, 6) is 0. The van der Waals surface area contributed by atoms with Crippen molar-refractivity contribution in [1.82, 2.24) is 0 Å². The van der Waals surface area contributed by atoms with Crippen molar-refractivity contribution in [3.8, 4) is 6.07 Å². The predicted octanol–water partition coefficient (Wildman–Crippen LogP) is 3.13. The lowest BCUT2D eigenvalue weighted by atomic mass is 10.2. The molecular formula is C13H18N2. The second-order valence-corrected chi connectivity index (χ2v) is 3.77. The zero-order valence-corrected chi connectivity index (χ0v) is 9.53. The molecule has 0 heterocycles. The van der Waals surface area contributed by atoms with Gasteiger partial charge in [0.1, 0.15) is 6.54 Å². The van der Waals surface area contributed by atoms with Crippen LogP contribution in [-0.4, -0.2) is 13.1 Å². The van der Waals surface area contributed by atoms with E-state index in [1.165, 1.54) is 5.56 Å². The van der Waals surface area contributed by atoms with Crippen LogP contribution in [0.2, 0.25) is 0 Å². The highest BCUT2D eigenvalue weighted by Crippen LogP contribution is 2.16. The van der Waals surface area contributed by atoms with Gasteiger partial charge in [-0.05, 0) is 31.0 Å². The van der Waals surface area contributed by atoms with Crippen LogP contribution >= 0.6 is 0 Å². The van der Waals surface area contributed by atoms with E-state index in [0.29, 0.717) is 6.54 Å². The number of benzene rings is 1. The Balaban J connectivity index is 2.75. The third kappa shape index (κ3) is 3.63. The average Bonchev–Trinajstić information content (AvgIpc) is 2.24. The molecule has 1 rings (SSSR count). The number of nitriles is 1. The van der Waals surface area contributed by atoms with Crippen molar-refractivity contribution in [2.24, 2.45) is 0 Å². The maximum absolute atomic E-state index is 8.77. The molecule has 80 valence electrons. The first-order valence-corrected chi connectivity index (χ1v) is 5.46. The third-order valence-corrected chi connectivity index (χ3v) is 2.41. The Morgan fingerprint density at radius 3 is 2.80 bits per heavy atom. The maximum Gasteiger partial charge on any atom is 0.105 e. The molecule has 0 atom stereocenters. The van der Waals surface area contributed by atoms with Crippen LogP contribution in [0.25, 0.3) is 0 Å². The largest absolute Gasteiger partial charge is 0.358 e. The number of rotatable bonds is 5. The van der Waals surface area contributed by atoms with Gasteiger partial charge in [0.15, 0.2) is 0 Å². The van der Waals surface area contributed by atoms with E-state index in [9.17, 15) is 0 Å². The normalized spacial score (nSPS) is 9.67. The predicted molar refractivity (Wildman–Crippen MR) is 63.9 cm³/mol. The van der Waals surface area contributed by atoms with E-state index in [1.807, 2.05) is 6.07 Å². The third-order valence-electron chi connectivity index (χ3n) is 2.41. The van der Waals surface area contributed by atoms with Gasteiger partial charge in [-0.25, -0.2) is 0 Å². The smallest absolute Gasteiger partial charge is 0.105 e. The molecule has 1 aromatic carbocycles. The molecule has 0 aromatic heterocycles. The molecule has 0 radical (unpaired) electrons. The van der Waals surface area contributed by atoms with Gasteiger partial charge in [-0.1, -0.05) is 25.5 Å². The number of aryl methyl sites for hydroxylation is 1. The van der Waals surface area contributed by atoms with Gasteiger partial charge in [-0.3, -0.25) is 0 Å². The molecule has 0 saturated heterocycles. The Labute approximate surface area is 92.1 Å². The summed E-state index contributed by atoms with van der Waals surface area (Å²) in [6.45, 7) is 5.69. The van der Waals surface area contributed by atoms with Crippen LogP contribution in [0, 0.1) is 18.3 Å². The fourth-order valence-electron chi connectivity index (χ4n) is 1.56. The van der Waals surface area contributed by atoms with Gasteiger partial charge in [-0.15, -0.1) is 0 Å². The summed E-state index contributed by atoms with van der Waals surface area (Å²) in [4.78, 5) is 2.14. The van der Waals surface area contributed by atoms with E-state index in [1.54, 1.807) is 0 Å². The first kappa shape index (κ1) is 11.6. The Morgan fingerprint density at radius 1 is 1.40 bits per heavy atom. The van der Waals surface area contributed by atoms with E-state index in [-0.39, 0.29) is 0 Å². The number of nitrogens with zero attached hydrogens (tertiary/aromatic N) is 2. The van der Waals surface area contributed by atoms with Crippen molar-refractivity contribution >= 4 is 5.69 Å². The quantitative estimate of drug-likeness (QED) is 0.686. The molecule has 0 N–H and O–H groups in total. The van der Waals surface area contributed by atoms with E-state index >= 15 is 0 Å².